The molecule has 5 rings (SSSR count). The van der Waals surface area contributed by atoms with Crippen molar-refractivity contribution in [3.8, 4) is 11.5 Å². The number of ketones is 1. The van der Waals surface area contributed by atoms with Crippen LogP contribution in [0, 0.1) is 5.82 Å². The molecular formula is C25H21FN2O2. The number of ether oxygens (including phenoxy) is 1. The molecule has 150 valence electrons. The Morgan fingerprint density at radius 3 is 2.50 bits per heavy atom. The monoisotopic (exact) mass is 400 g/mol. The number of carbonyl (C=O) groups excluding carboxylic acids is 1. The number of benzene rings is 3. The SMILES string of the molecule is O=C1CCCC2=C1C(c1ccc(F)c(Oc3ccccc3)c1)Nc1ccccc1N2. The quantitative estimate of drug-likeness (QED) is 0.549. The third-order valence-corrected chi connectivity index (χ3v) is 5.52. The van der Waals surface area contributed by atoms with Crippen LogP contribution in [0.3, 0.4) is 0 Å². The number of fused-ring (bicyclic) bond motifs is 1. The molecule has 1 heterocycles. The highest BCUT2D eigenvalue weighted by molar-refractivity contribution is 6.00. The molecule has 0 saturated carbocycles. The maximum atomic E-state index is 14.5. The Kier molecular flexibility index (Phi) is 4.71. The molecule has 1 aliphatic heterocycles. The molecule has 2 aliphatic rings. The molecule has 1 unspecified atom stereocenters. The number of rotatable bonds is 3. The molecule has 4 nitrogen and oxygen atoms in total. The first kappa shape index (κ1) is 18.4. The maximum Gasteiger partial charge on any atom is 0.165 e. The number of Topliss-reactive ketones (excluding diaryl/α,β-unsaturated/α-hetero) is 1. The zero-order chi connectivity index (χ0) is 20.5. The second-order valence-electron chi connectivity index (χ2n) is 7.52. The number of nitrogens with one attached hydrogen (secondary N) is 2. The second kappa shape index (κ2) is 7.67. The van der Waals surface area contributed by atoms with E-state index in [-0.39, 0.29) is 17.6 Å². The van der Waals surface area contributed by atoms with Gasteiger partial charge in [0.15, 0.2) is 17.3 Å². The van der Waals surface area contributed by atoms with E-state index in [1.807, 2.05) is 42.5 Å². The van der Waals surface area contributed by atoms with Gasteiger partial charge in [-0.2, -0.15) is 0 Å². The number of allylic oxidation sites excluding steroid dienone is 1. The number of carbonyl (C=O) groups is 1. The van der Waals surface area contributed by atoms with Crippen LogP contribution in [0.5, 0.6) is 11.5 Å². The largest absolute Gasteiger partial charge is 0.454 e. The Morgan fingerprint density at radius 2 is 1.67 bits per heavy atom. The van der Waals surface area contributed by atoms with Gasteiger partial charge in [-0.1, -0.05) is 36.4 Å². The van der Waals surface area contributed by atoms with Crippen molar-refractivity contribution in [1.29, 1.82) is 0 Å². The standard InChI is InChI=1S/C25H21FN2O2/c26-18-14-13-16(15-23(18)30-17-7-2-1-3-8-17)25-24-21(11-6-12-22(24)29)27-19-9-4-5-10-20(19)28-25/h1-5,7-10,13-15,25,27-28H,6,11-12H2. The zero-order valence-corrected chi connectivity index (χ0v) is 16.3. The van der Waals surface area contributed by atoms with Crippen LogP contribution in [0.2, 0.25) is 0 Å². The maximum absolute atomic E-state index is 14.5. The van der Waals surface area contributed by atoms with E-state index in [0.29, 0.717) is 12.2 Å². The highest BCUT2D eigenvalue weighted by atomic mass is 19.1. The van der Waals surface area contributed by atoms with Crippen molar-refractivity contribution in [3.63, 3.8) is 0 Å². The third-order valence-electron chi connectivity index (χ3n) is 5.52. The lowest BCUT2D eigenvalue weighted by Crippen LogP contribution is -2.23. The minimum Gasteiger partial charge on any atom is -0.454 e. The Hall–Kier alpha value is -3.60. The van der Waals surface area contributed by atoms with Gasteiger partial charge in [-0.05, 0) is 54.8 Å². The number of hydrogen-bond acceptors (Lipinski definition) is 4. The lowest BCUT2D eigenvalue weighted by Gasteiger charge is -2.25. The summed E-state index contributed by atoms with van der Waals surface area (Å²) in [6.07, 6.45) is 2.15. The molecule has 0 saturated heterocycles. The average molecular weight is 400 g/mol. The molecular weight excluding hydrogens is 379 g/mol. The van der Waals surface area contributed by atoms with Crippen molar-refractivity contribution in [2.24, 2.45) is 0 Å². The topological polar surface area (TPSA) is 50.4 Å². The smallest absolute Gasteiger partial charge is 0.165 e. The minimum absolute atomic E-state index is 0.115. The van der Waals surface area contributed by atoms with Gasteiger partial charge in [0.1, 0.15) is 5.75 Å². The molecule has 0 spiro atoms. The van der Waals surface area contributed by atoms with Crippen molar-refractivity contribution >= 4 is 17.2 Å². The van der Waals surface area contributed by atoms with E-state index < -0.39 is 5.82 Å². The van der Waals surface area contributed by atoms with Crippen LogP contribution in [-0.2, 0) is 4.79 Å². The summed E-state index contributed by atoms with van der Waals surface area (Å²) < 4.78 is 20.3. The molecule has 0 amide bonds. The summed E-state index contributed by atoms with van der Waals surface area (Å²) in [7, 11) is 0. The number of hydrogen-bond donors (Lipinski definition) is 2. The molecule has 0 bridgehead atoms. The Labute approximate surface area is 174 Å². The molecule has 3 aromatic carbocycles. The molecule has 0 radical (unpaired) electrons. The van der Waals surface area contributed by atoms with Gasteiger partial charge in [-0.3, -0.25) is 4.79 Å². The normalized spacial score (nSPS) is 17.9. The first-order chi connectivity index (χ1) is 14.7. The summed E-state index contributed by atoms with van der Waals surface area (Å²) >= 11 is 0. The lowest BCUT2D eigenvalue weighted by molar-refractivity contribution is -0.116. The van der Waals surface area contributed by atoms with Crippen LogP contribution in [0.4, 0.5) is 15.8 Å². The van der Waals surface area contributed by atoms with E-state index in [1.165, 1.54) is 6.07 Å². The summed E-state index contributed by atoms with van der Waals surface area (Å²) in [5.74, 6) is 0.363. The van der Waals surface area contributed by atoms with E-state index in [1.54, 1.807) is 24.3 Å². The Morgan fingerprint density at radius 1 is 0.900 bits per heavy atom. The third kappa shape index (κ3) is 3.43. The molecule has 0 fully saturated rings. The van der Waals surface area contributed by atoms with E-state index in [4.69, 9.17) is 4.74 Å². The molecule has 2 N–H and O–H groups in total. The van der Waals surface area contributed by atoms with Crippen LogP contribution in [0.15, 0.2) is 84.1 Å². The minimum atomic E-state index is -0.445. The van der Waals surface area contributed by atoms with E-state index in [9.17, 15) is 9.18 Å². The highest BCUT2D eigenvalue weighted by Crippen LogP contribution is 2.41. The van der Waals surface area contributed by atoms with Gasteiger partial charge in [0, 0.05) is 17.7 Å². The predicted molar refractivity (Wildman–Crippen MR) is 115 cm³/mol. The number of halogens is 1. The van der Waals surface area contributed by atoms with Crippen molar-refractivity contribution in [2.75, 3.05) is 10.6 Å². The molecule has 30 heavy (non-hydrogen) atoms. The summed E-state index contributed by atoms with van der Waals surface area (Å²) in [4.78, 5) is 12.9. The van der Waals surface area contributed by atoms with Gasteiger partial charge in [-0.25, -0.2) is 4.39 Å². The molecule has 0 aromatic heterocycles. The fraction of sp³-hybridized carbons (Fsp3) is 0.160. The van der Waals surface area contributed by atoms with E-state index in [2.05, 4.69) is 10.6 Å². The van der Waals surface area contributed by atoms with E-state index >= 15 is 0 Å². The van der Waals surface area contributed by atoms with Crippen LogP contribution >= 0.6 is 0 Å². The summed E-state index contributed by atoms with van der Waals surface area (Å²) in [6, 6.07) is 21.4. The number of para-hydroxylation sites is 3. The zero-order valence-electron chi connectivity index (χ0n) is 16.3. The van der Waals surface area contributed by atoms with E-state index in [0.717, 1.165) is 41.1 Å². The lowest BCUT2D eigenvalue weighted by atomic mass is 9.86. The van der Waals surface area contributed by atoms with Crippen molar-refractivity contribution in [1.82, 2.24) is 0 Å². The highest BCUT2D eigenvalue weighted by Gasteiger charge is 2.32. The van der Waals surface area contributed by atoms with Gasteiger partial charge in [-0.15, -0.1) is 0 Å². The van der Waals surface area contributed by atoms with Crippen LogP contribution in [0.1, 0.15) is 30.9 Å². The van der Waals surface area contributed by atoms with Gasteiger partial charge in [0.25, 0.3) is 0 Å². The summed E-state index contributed by atoms with van der Waals surface area (Å²) in [6.45, 7) is 0. The fourth-order valence-electron chi connectivity index (χ4n) is 4.08. The average Bonchev–Trinajstić information content (AvgIpc) is 2.93. The Balaban J connectivity index is 1.59. The van der Waals surface area contributed by atoms with Crippen molar-refractivity contribution in [3.05, 3.63) is 95.4 Å². The second-order valence-corrected chi connectivity index (χ2v) is 7.52. The van der Waals surface area contributed by atoms with Gasteiger partial charge in [0.05, 0.1) is 17.4 Å². The van der Waals surface area contributed by atoms with Gasteiger partial charge < -0.3 is 15.4 Å². The van der Waals surface area contributed by atoms with Crippen LogP contribution in [0.25, 0.3) is 0 Å². The van der Waals surface area contributed by atoms with Crippen molar-refractivity contribution in [2.45, 2.75) is 25.3 Å². The first-order valence-corrected chi connectivity index (χ1v) is 10.1. The Bertz CT molecular complexity index is 1140. The molecule has 5 heteroatoms. The fourth-order valence-corrected chi connectivity index (χ4v) is 4.08. The molecule has 3 aromatic rings. The summed E-state index contributed by atoms with van der Waals surface area (Å²) in [5.41, 5.74) is 4.27. The molecule has 1 aliphatic carbocycles. The van der Waals surface area contributed by atoms with Crippen LogP contribution < -0.4 is 15.4 Å². The predicted octanol–water partition coefficient (Wildman–Crippen LogP) is 6.20. The first-order valence-electron chi connectivity index (χ1n) is 10.1. The molecule has 1 atom stereocenters. The van der Waals surface area contributed by atoms with Gasteiger partial charge in [0.2, 0.25) is 0 Å². The van der Waals surface area contributed by atoms with Gasteiger partial charge >= 0.3 is 0 Å². The summed E-state index contributed by atoms with van der Waals surface area (Å²) in [5, 5.41) is 6.95. The van der Waals surface area contributed by atoms with Crippen molar-refractivity contribution < 1.29 is 13.9 Å². The number of anilines is 2. The van der Waals surface area contributed by atoms with Crippen LogP contribution in [-0.4, -0.2) is 5.78 Å².